The molecule has 0 amide bonds. The van der Waals surface area contributed by atoms with E-state index in [2.05, 4.69) is 19.1 Å². The zero-order valence-corrected chi connectivity index (χ0v) is 15.4. The molecule has 1 heterocycles. The fraction of sp³-hybridized carbons (Fsp3) is 0.0455. The molecule has 25 heavy (non-hydrogen) atoms. The molecule has 1 aromatic heterocycles. The first-order valence-corrected chi connectivity index (χ1v) is 9.79. The van der Waals surface area contributed by atoms with Gasteiger partial charge in [0.2, 0.25) is 0 Å². The van der Waals surface area contributed by atoms with E-state index in [0.29, 0.717) is 16.7 Å². The first-order chi connectivity index (χ1) is 12.2. The summed E-state index contributed by atoms with van der Waals surface area (Å²) in [5.74, 6) is 0.688. The minimum absolute atomic E-state index is 0.0706. The molecule has 0 fully saturated rings. The molecule has 0 atom stereocenters. The molecule has 0 aliphatic heterocycles. The van der Waals surface area contributed by atoms with Gasteiger partial charge in [-0.05, 0) is 0 Å². The van der Waals surface area contributed by atoms with Crippen molar-refractivity contribution in [3.63, 3.8) is 0 Å². The van der Waals surface area contributed by atoms with Gasteiger partial charge in [0.15, 0.2) is 0 Å². The molecule has 3 heteroatoms. The Labute approximate surface area is 152 Å². The van der Waals surface area contributed by atoms with E-state index >= 15 is 0 Å². The van der Waals surface area contributed by atoms with E-state index < -0.39 is 0 Å². The Morgan fingerprint density at radius 3 is 2.24 bits per heavy atom. The molecule has 2 nitrogen and oxygen atoms in total. The van der Waals surface area contributed by atoms with Crippen molar-refractivity contribution in [3.05, 3.63) is 94.6 Å². The second-order valence-electron chi connectivity index (χ2n) is 5.87. The van der Waals surface area contributed by atoms with Crippen molar-refractivity contribution in [1.29, 1.82) is 0 Å². The summed E-state index contributed by atoms with van der Waals surface area (Å²) in [5.41, 5.74) is 2.83. The summed E-state index contributed by atoms with van der Waals surface area (Å²) in [6.07, 6.45) is 0. The predicted octanol–water partition coefficient (Wildman–Crippen LogP) is 3.42. The minimum atomic E-state index is -0.119. The van der Waals surface area contributed by atoms with Crippen LogP contribution >= 0.6 is 0 Å². The molecule has 0 saturated carbocycles. The zero-order chi connectivity index (χ0) is 17.2. The molecule has 4 rings (SSSR count). The Morgan fingerprint density at radius 2 is 1.48 bits per heavy atom. The monoisotopic (exact) mass is 392 g/mol. The molecule has 0 aliphatic carbocycles. The Morgan fingerprint density at radius 1 is 0.800 bits per heavy atom. The van der Waals surface area contributed by atoms with Crippen molar-refractivity contribution in [2.75, 3.05) is 0 Å². The topological polar surface area (TPSA) is 30.2 Å². The third-order valence-electron chi connectivity index (χ3n) is 4.03. The van der Waals surface area contributed by atoms with Gasteiger partial charge in [-0.2, -0.15) is 0 Å². The molecule has 0 radical (unpaired) electrons. The van der Waals surface area contributed by atoms with Crippen LogP contribution in [0.1, 0.15) is 5.56 Å². The number of fused-ring (bicyclic) bond motifs is 1. The van der Waals surface area contributed by atoms with Crippen molar-refractivity contribution in [2.24, 2.45) is 0 Å². The van der Waals surface area contributed by atoms with Crippen LogP contribution in [0.2, 0.25) is 0 Å². The normalized spacial score (nSPS) is 10.9. The second-order valence-corrected chi connectivity index (χ2v) is 8.14. The Kier molecular flexibility index (Phi) is 4.27. The summed E-state index contributed by atoms with van der Waals surface area (Å²) in [7, 11) is 0. The fourth-order valence-electron chi connectivity index (χ4n) is 2.72. The van der Waals surface area contributed by atoms with E-state index in [9.17, 15) is 4.79 Å². The number of benzene rings is 3. The summed E-state index contributed by atoms with van der Waals surface area (Å²) >= 11 is -0.119. The molecule has 0 aliphatic rings. The average Bonchev–Trinajstić information content (AvgIpc) is 2.65. The Bertz CT molecular complexity index is 1080. The van der Waals surface area contributed by atoms with E-state index in [1.807, 2.05) is 66.7 Å². The van der Waals surface area contributed by atoms with Crippen LogP contribution in [0.5, 0.6) is 0 Å². The van der Waals surface area contributed by atoms with Gasteiger partial charge in [-0.1, -0.05) is 0 Å². The average molecular weight is 391 g/mol. The van der Waals surface area contributed by atoms with Crippen LogP contribution < -0.4 is 14.4 Å². The first-order valence-electron chi connectivity index (χ1n) is 8.08. The maximum atomic E-state index is 13.1. The molecule has 0 spiro atoms. The molecule has 0 unspecified atom stereocenters. The molecule has 4 aromatic rings. The number of aryl methyl sites for hydroxylation is 1. The zero-order valence-electron chi connectivity index (χ0n) is 13.7. The molecule has 122 valence electrons. The molecule has 3 aromatic carbocycles. The van der Waals surface area contributed by atoms with Gasteiger partial charge in [-0.3, -0.25) is 0 Å². The summed E-state index contributed by atoms with van der Waals surface area (Å²) in [6.45, 7) is 2.05. The third-order valence-corrected chi connectivity index (χ3v) is 6.30. The molecular weight excluding hydrogens is 375 g/mol. The van der Waals surface area contributed by atoms with Crippen molar-refractivity contribution in [1.82, 2.24) is 0 Å². The predicted molar refractivity (Wildman–Crippen MR) is 104 cm³/mol. The van der Waals surface area contributed by atoms with Crippen molar-refractivity contribution >= 4 is 34.8 Å². The third kappa shape index (κ3) is 3.17. The van der Waals surface area contributed by atoms with E-state index in [-0.39, 0.29) is 20.4 Å². The molecular formula is C22H16O2Se. The van der Waals surface area contributed by atoms with Crippen LogP contribution in [0.25, 0.3) is 22.3 Å². The van der Waals surface area contributed by atoms with Crippen LogP contribution in [0.3, 0.4) is 0 Å². The number of hydrogen-bond donors (Lipinski definition) is 0. The van der Waals surface area contributed by atoms with Crippen molar-refractivity contribution in [3.8, 4) is 11.3 Å². The Balaban J connectivity index is 1.97. The maximum absolute atomic E-state index is 13.1. The first kappa shape index (κ1) is 15.9. The quantitative estimate of drug-likeness (QED) is 0.501. The van der Waals surface area contributed by atoms with Gasteiger partial charge in [0, 0.05) is 0 Å². The van der Waals surface area contributed by atoms with E-state index in [0.717, 1.165) is 14.5 Å². The van der Waals surface area contributed by atoms with Crippen LogP contribution in [0.15, 0.2) is 88.1 Å². The molecule has 0 saturated heterocycles. The van der Waals surface area contributed by atoms with Gasteiger partial charge in [-0.25, -0.2) is 0 Å². The number of rotatable bonds is 3. The second kappa shape index (κ2) is 6.72. The van der Waals surface area contributed by atoms with E-state index in [1.54, 1.807) is 0 Å². The standard InChI is InChI=1S/C22H16O2Se/c1-15-11-13-16(14-12-15)21-22(25-17-7-3-2-4-8-17)20(23)18-9-5-6-10-19(18)24-21/h2-14H,1H3. The van der Waals surface area contributed by atoms with Crippen LogP contribution in [0, 0.1) is 6.92 Å². The molecule has 0 N–H and O–H groups in total. The van der Waals surface area contributed by atoms with Gasteiger partial charge in [0.25, 0.3) is 0 Å². The number of para-hydroxylation sites is 1. The summed E-state index contributed by atoms with van der Waals surface area (Å²) < 4.78 is 8.11. The SMILES string of the molecule is Cc1ccc(-c2oc3ccccc3c(=O)c2[Se]c2ccccc2)cc1. The van der Waals surface area contributed by atoms with Crippen molar-refractivity contribution in [2.45, 2.75) is 6.92 Å². The van der Waals surface area contributed by atoms with Gasteiger partial charge < -0.3 is 0 Å². The van der Waals surface area contributed by atoms with Gasteiger partial charge in [0.1, 0.15) is 0 Å². The summed E-state index contributed by atoms with van der Waals surface area (Å²) in [6, 6.07) is 25.7. The van der Waals surface area contributed by atoms with Crippen molar-refractivity contribution < 1.29 is 4.42 Å². The Hall–Kier alpha value is -2.61. The van der Waals surface area contributed by atoms with Crippen LogP contribution in [0.4, 0.5) is 0 Å². The number of hydrogen-bond acceptors (Lipinski definition) is 2. The van der Waals surface area contributed by atoms with E-state index in [1.165, 1.54) is 5.56 Å². The van der Waals surface area contributed by atoms with Gasteiger partial charge in [-0.15, -0.1) is 0 Å². The summed E-state index contributed by atoms with van der Waals surface area (Å²) in [4.78, 5) is 13.1. The fourth-order valence-corrected chi connectivity index (χ4v) is 4.78. The summed E-state index contributed by atoms with van der Waals surface area (Å²) in [5, 5.41) is 0.645. The van der Waals surface area contributed by atoms with Gasteiger partial charge >= 0.3 is 152 Å². The van der Waals surface area contributed by atoms with Crippen LogP contribution in [-0.4, -0.2) is 15.0 Å². The van der Waals surface area contributed by atoms with E-state index in [4.69, 9.17) is 4.42 Å². The molecule has 0 bridgehead atoms. The van der Waals surface area contributed by atoms with Gasteiger partial charge in [0.05, 0.1) is 0 Å². The van der Waals surface area contributed by atoms with Crippen LogP contribution in [-0.2, 0) is 0 Å².